The molecule has 0 aromatic carbocycles. The van der Waals surface area contributed by atoms with Crippen LogP contribution in [0.1, 0.15) is 6.42 Å². The van der Waals surface area contributed by atoms with E-state index in [9.17, 15) is 0 Å². The van der Waals surface area contributed by atoms with Crippen LogP contribution in [-0.2, 0) is 9.47 Å². The molecule has 0 spiro atoms. The van der Waals surface area contributed by atoms with Gasteiger partial charge in [-0.25, -0.2) is 0 Å². The molecule has 0 aliphatic carbocycles. The molecular weight excluding hydrogens is 104 g/mol. The maximum Gasteiger partial charge on any atom is 0.117 e. The normalized spacial score (nSPS) is 19.9. The van der Waals surface area contributed by atoms with Crippen LogP contribution in [0.5, 0.6) is 0 Å². The van der Waals surface area contributed by atoms with Crippen LogP contribution in [0.25, 0.3) is 0 Å². The highest BCUT2D eigenvalue weighted by atomic mass is 16.5. The van der Waals surface area contributed by atoms with Crippen molar-refractivity contribution in [1.29, 1.82) is 0 Å². The Balaban J connectivity index is 2.37. The van der Waals surface area contributed by atoms with E-state index in [1.165, 1.54) is 0 Å². The molecule has 2 nitrogen and oxygen atoms in total. The first-order chi connectivity index (χ1) is 3.93. The van der Waals surface area contributed by atoms with E-state index in [4.69, 9.17) is 9.47 Å². The fourth-order valence-corrected chi connectivity index (χ4v) is 0.677. The molecule has 0 unspecified atom stereocenters. The van der Waals surface area contributed by atoms with Crippen molar-refractivity contribution in [2.45, 2.75) is 6.42 Å². The summed E-state index contributed by atoms with van der Waals surface area (Å²) in [4.78, 5) is 0. The minimum absolute atomic E-state index is 0.649. The standard InChI is InChI=1S/C6H10O2/c1-7-6-3-2-4-8-5-6/h3H,2,4-5H2,1H3. The lowest BCUT2D eigenvalue weighted by molar-refractivity contribution is 0.102. The minimum atomic E-state index is 0.649. The Morgan fingerprint density at radius 1 is 1.75 bits per heavy atom. The highest BCUT2D eigenvalue weighted by molar-refractivity contribution is 4.95. The van der Waals surface area contributed by atoms with Gasteiger partial charge in [-0.2, -0.15) is 0 Å². The summed E-state index contributed by atoms with van der Waals surface area (Å²) in [5.74, 6) is 0.955. The van der Waals surface area contributed by atoms with Crippen LogP contribution in [0.4, 0.5) is 0 Å². The number of methoxy groups -OCH3 is 1. The lowest BCUT2D eigenvalue weighted by Crippen LogP contribution is -2.06. The molecule has 0 N–H and O–H groups in total. The van der Waals surface area contributed by atoms with Crippen LogP contribution in [0.3, 0.4) is 0 Å². The van der Waals surface area contributed by atoms with Gasteiger partial charge in [0.15, 0.2) is 0 Å². The maximum absolute atomic E-state index is 5.08. The highest BCUT2D eigenvalue weighted by Crippen LogP contribution is 2.04. The second kappa shape index (κ2) is 2.72. The third-order valence-electron chi connectivity index (χ3n) is 1.14. The second-order valence-electron chi connectivity index (χ2n) is 1.72. The first-order valence-corrected chi connectivity index (χ1v) is 2.74. The van der Waals surface area contributed by atoms with Gasteiger partial charge in [0.25, 0.3) is 0 Å². The maximum atomic E-state index is 5.08. The van der Waals surface area contributed by atoms with Crippen molar-refractivity contribution in [2.24, 2.45) is 0 Å². The number of rotatable bonds is 1. The average Bonchev–Trinajstić information content (AvgIpc) is 1.90. The van der Waals surface area contributed by atoms with E-state index in [0.717, 1.165) is 18.8 Å². The highest BCUT2D eigenvalue weighted by Gasteiger charge is 2.00. The average molecular weight is 114 g/mol. The predicted octanol–water partition coefficient (Wildman–Crippen LogP) is 0.937. The Hall–Kier alpha value is -0.500. The van der Waals surface area contributed by atoms with Crippen molar-refractivity contribution in [2.75, 3.05) is 20.3 Å². The first-order valence-electron chi connectivity index (χ1n) is 2.74. The van der Waals surface area contributed by atoms with Gasteiger partial charge in [-0.15, -0.1) is 0 Å². The van der Waals surface area contributed by atoms with Gasteiger partial charge in [-0.05, 0) is 12.5 Å². The van der Waals surface area contributed by atoms with E-state index in [2.05, 4.69) is 6.08 Å². The topological polar surface area (TPSA) is 18.5 Å². The molecule has 0 aromatic rings. The summed E-state index contributed by atoms with van der Waals surface area (Å²) >= 11 is 0. The predicted molar refractivity (Wildman–Crippen MR) is 30.5 cm³/mol. The molecule has 1 aliphatic rings. The van der Waals surface area contributed by atoms with Crippen LogP contribution in [0.2, 0.25) is 0 Å². The Morgan fingerprint density at radius 2 is 2.62 bits per heavy atom. The van der Waals surface area contributed by atoms with Gasteiger partial charge in [-0.3, -0.25) is 0 Å². The molecule has 8 heavy (non-hydrogen) atoms. The fraction of sp³-hybridized carbons (Fsp3) is 0.667. The van der Waals surface area contributed by atoms with Crippen molar-refractivity contribution in [3.63, 3.8) is 0 Å². The second-order valence-corrected chi connectivity index (χ2v) is 1.72. The number of hydrogen-bond acceptors (Lipinski definition) is 2. The minimum Gasteiger partial charge on any atom is -0.499 e. The van der Waals surface area contributed by atoms with Crippen molar-refractivity contribution in [3.05, 3.63) is 11.8 Å². The molecule has 1 heterocycles. The van der Waals surface area contributed by atoms with Crippen LogP contribution in [-0.4, -0.2) is 20.3 Å². The van der Waals surface area contributed by atoms with Crippen molar-refractivity contribution in [3.8, 4) is 0 Å². The van der Waals surface area contributed by atoms with E-state index in [1.54, 1.807) is 7.11 Å². The van der Waals surface area contributed by atoms with Gasteiger partial charge in [-0.1, -0.05) is 0 Å². The molecule has 46 valence electrons. The van der Waals surface area contributed by atoms with Crippen LogP contribution >= 0.6 is 0 Å². The Kier molecular flexibility index (Phi) is 1.92. The SMILES string of the molecule is COC1=CCCOC1. The Morgan fingerprint density at radius 3 is 3.00 bits per heavy atom. The number of hydrogen-bond donors (Lipinski definition) is 0. The molecule has 1 aliphatic heterocycles. The van der Waals surface area contributed by atoms with Crippen molar-refractivity contribution >= 4 is 0 Å². The van der Waals surface area contributed by atoms with E-state index in [-0.39, 0.29) is 0 Å². The van der Waals surface area contributed by atoms with E-state index >= 15 is 0 Å². The lowest BCUT2D eigenvalue weighted by atomic mass is 10.3. The largest absolute Gasteiger partial charge is 0.499 e. The molecular formula is C6H10O2. The zero-order valence-corrected chi connectivity index (χ0v) is 5.02. The summed E-state index contributed by atoms with van der Waals surface area (Å²) in [6, 6.07) is 0. The van der Waals surface area contributed by atoms with Crippen molar-refractivity contribution < 1.29 is 9.47 Å². The molecule has 0 aromatic heterocycles. The van der Waals surface area contributed by atoms with Gasteiger partial charge in [0.05, 0.1) is 13.7 Å². The molecule has 0 amide bonds. The zero-order valence-electron chi connectivity index (χ0n) is 5.02. The van der Waals surface area contributed by atoms with Crippen molar-refractivity contribution in [1.82, 2.24) is 0 Å². The fourth-order valence-electron chi connectivity index (χ4n) is 0.677. The molecule has 1 rings (SSSR count). The van der Waals surface area contributed by atoms with Gasteiger partial charge >= 0.3 is 0 Å². The van der Waals surface area contributed by atoms with Crippen LogP contribution in [0.15, 0.2) is 11.8 Å². The molecule has 0 fully saturated rings. The van der Waals surface area contributed by atoms with E-state index in [0.29, 0.717) is 6.61 Å². The molecule has 0 saturated carbocycles. The summed E-state index contributed by atoms with van der Waals surface area (Å²) in [7, 11) is 1.67. The third-order valence-corrected chi connectivity index (χ3v) is 1.14. The Bertz CT molecular complexity index is 96.7. The van der Waals surface area contributed by atoms with E-state index < -0.39 is 0 Å². The Labute approximate surface area is 49.1 Å². The molecule has 0 atom stereocenters. The van der Waals surface area contributed by atoms with Gasteiger partial charge in [0, 0.05) is 0 Å². The summed E-state index contributed by atoms with van der Waals surface area (Å²) in [6.45, 7) is 1.49. The molecule has 0 bridgehead atoms. The monoisotopic (exact) mass is 114 g/mol. The van der Waals surface area contributed by atoms with Gasteiger partial charge < -0.3 is 9.47 Å². The lowest BCUT2D eigenvalue weighted by Gasteiger charge is -2.10. The summed E-state index contributed by atoms with van der Waals surface area (Å²) in [6.07, 6.45) is 3.05. The summed E-state index contributed by atoms with van der Waals surface area (Å²) < 4.78 is 10.0. The van der Waals surface area contributed by atoms with Crippen LogP contribution in [0, 0.1) is 0 Å². The third kappa shape index (κ3) is 1.23. The quantitative estimate of drug-likeness (QED) is 0.505. The summed E-state index contributed by atoms with van der Waals surface area (Å²) in [5.41, 5.74) is 0. The number of ether oxygens (including phenoxy) is 2. The first kappa shape index (κ1) is 5.63. The van der Waals surface area contributed by atoms with Gasteiger partial charge in [0.2, 0.25) is 0 Å². The summed E-state index contributed by atoms with van der Waals surface area (Å²) in [5, 5.41) is 0. The molecule has 0 saturated heterocycles. The zero-order chi connectivity index (χ0) is 5.82. The molecule has 2 heteroatoms. The molecule has 0 radical (unpaired) electrons. The van der Waals surface area contributed by atoms with E-state index in [1.807, 2.05) is 0 Å². The van der Waals surface area contributed by atoms with Gasteiger partial charge in [0.1, 0.15) is 12.4 Å². The van der Waals surface area contributed by atoms with Crippen LogP contribution < -0.4 is 0 Å². The smallest absolute Gasteiger partial charge is 0.117 e.